The van der Waals surface area contributed by atoms with E-state index in [1.807, 2.05) is 66.7 Å². The number of ether oxygens (including phenoxy) is 3. The first kappa shape index (κ1) is 34.3. The molecule has 9 nitrogen and oxygen atoms in total. The van der Waals surface area contributed by atoms with Crippen molar-refractivity contribution in [2.45, 2.75) is 76.7 Å². The van der Waals surface area contributed by atoms with Crippen LogP contribution >= 0.6 is 0 Å². The molecule has 2 amide bonds. The largest absolute Gasteiger partial charge is 0.465 e. The lowest BCUT2D eigenvalue weighted by molar-refractivity contribution is -0.253. The van der Waals surface area contributed by atoms with Crippen molar-refractivity contribution in [1.82, 2.24) is 15.5 Å². The van der Waals surface area contributed by atoms with E-state index in [0.717, 1.165) is 52.9 Å². The molecule has 1 saturated heterocycles. The summed E-state index contributed by atoms with van der Waals surface area (Å²) in [6.45, 7) is 7.77. The van der Waals surface area contributed by atoms with E-state index >= 15 is 0 Å². The summed E-state index contributed by atoms with van der Waals surface area (Å²) in [6, 6.07) is 24.2. The summed E-state index contributed by atoms with van der Waals surface area (Å²) < 4.78 is 18.1. The van der Waals surface area contributed by atoms with E-state index in [0.29, 0.717) is 12.6 Å². The van der Waals surface area contributed by atoms with Gasteiger partial charge in [0, 0.05) is 37.7 Å². The fourth-order valence-electron chi connectivity index (χ4n) is 6.48. The Morgan fingerprint density at radius 3 is 2.40 bits per heavy atom. The summed E-state index contributed by atoms with van der Waals surface area (Å²) >= 11 is 0. The third kappa shape index (κ3) is 9.51. The number of hydrogen-bond acceptors (Lipinski definition) is 7. The van der Waals surface area contributed by atoms with Gasteiger partial charge in [0.05, 0.1) is 25.4 Å². The van der Waals surface area contributed by atoms with E-state index in [-0.39, 0.29) is 32.0 Å². The number of carbonyl (C=O) groups excluding carboxylic acids is 2. The van der Waals surface area contributed by atoms with E-state index in [1.165, 1.54) is 25.7 Å². The Kier molecular flexibility index (Phi) is 12.6. The molecule has 1 saturated carbocycles. The quantitative estimate of drug-likeness (QED) is 0.142. The first-order chi connectivity index (χ1) is 23.0. The molecule has 0 aromatic heterocycles. The van der Waals surface area contributed by atoms with E-state index < -0.39 is 18.3 Å². The van der Waals surface area contributed by atoms with Crippen LogP contribution in [0.5, 0.6) is 0 Å². The molecule has 5 rings (SSSR count). The predicted octanol–water partition coefficient (Wildman–Crippen LogP) is 6.18. The molecule has 1 heterocycles. The minimum absolute atomic E-state index is 0.00624. The molecule has 2 aliphatic rings. The second kappa shape index (κ2) is 17.2. The highest BCUT2D eigenvalue weighted by Crippen LogP contribution is 2.39. The van der Waals surface area contributed by atoms with Gasteiger partial charge >= 0.3 is 12.0 Å². The average molecular weight is 642 g/mol. The zero-order chi connectivity index (χ0) is 33.0. The lowest BCUT2D eigenvalue weighted by atomic mass is 9.97. The topological polar surface area (TPSA) is 109 Å². The number of urea groups is 1. The van der Waals surface area contributed by atoms with Gasteiger partial charge in [-0.2, -0.15) is 0 Å². The maximum absolute atomic E-state index is 12.3. The Morgan fingerprint density at radius 1 is 0.979 bits per heavy atom. The summed E-state index contributed by atoms with van der Waals surface area (Å²) in [5.74, 6) is -0.478. The highest BCUT2D eigenvalue weighted by molar-refractivity contribution is 5.81. The van der Waals surface area contributed by atoms with Crippen LogP contribution < -0.4 is 10.6 Å². The standard InChI is InChI=1S/C38H47N3O6/c1-3-21-41(32-10-6-7-11-32)25-33-22-35(29-15-13-27(26-42)14-16-29)47-37(46-33)30-19-17-28(18-20-30)34-12-8-5-9-31(34)23-39-38(44)40-24-36(43)45-4-2/h3,5,8-9,12-20,32-33,35,37,42H,1,4,6-7,10-11,21-26H2,2H3,(H2,39,40,44)/t33-,35+,37+/m1/s1. The number of nitrogens with zero attached hydrogens (tertiary/aromatic N) is 1. The first-order valence-corrected chi connectivity index (χ1v) is 16.7. The van der Waals surface area contributed by atoms with Crippen molar-refractivity contribution in [3.05, 3.63) is 108 Å². The molecular formula is C38H47N3O6. The molecule has 9 heteroatoms. The van der Waals surface area contributed by atoms with E-state index in [9.17, 15) is 14.7 Å². The average Bonchev–Trinajstić information content (AvgIpc) is 3.65. The minimum Gasteiger partial charge on any atom is -0.465 e. The fraction of sp³-hybridized carbons (Fsp3) is 0.421. The van der Waals surface area contributed by atoms with Crippen molar-refractivity contribution in [3.8, 4) is 11.1 Å². The zero-order valence-electron chi connectivity index (χ0n) is 27.2. The molecule has 2 fully saturated rings. The highest BCUT2D eigenvalue weighted by Gasteiger charge is 2.34. The molecule has 0 spiro atoms. The molecule has 3 aromatic rings. The maximum Gasteiger partial charge on any atom is 0.325 e. The first-order valence-electron chi connectivity index (χ1n) is 16.7. The Labute approximate surface area is 277 Å². The molecule has 1 aliphatic carbocycles. The second-order valence-electron chi connectivity index (χ2n) is 12.2. The maximum atomic E-state index is 12.3. The Balaban J connectivity index is 1.30. The molecule has 3 aromatic carbocycles. The summed E-state index contributed by atoms with van der Waals surface area (Å²) in [6.07, 6.45) is 6.96. The SMILES string of the molecule is C=CCN(C[C@H]1C[C@@H](c2ccc(CO)cc2)O[C@@H](c2ccc(-c3ccccc3CNC(=O)NCC(=O)OCC)cc2)O1)C1CCCC1. The third-order valence-electron chi connectivity index (χ3n) is 8.91. The molecule has 3 atom stereocenters. The number of aliphatic hydroxyl groups is 1. The van der Waals surface area contributed by atoms with Crippen LogP contribution in [0.1, 0.15) is 73.7 Å². The van der Waals surface area contributed by atoms with Crippen LogP contribution in [0, 0.1) is 0 Å². The van der Waals surface area contributed by atoms with Gasteiger partial charge < -0.3 is 30.0 Å². The monoisotopic (exact) mass is 641 g/mol. The van der Waals surface area contributed by atoms with Crippen molar-refractivity contribution in [3.63, 3.8) is 0 Å². The van der Waals surface area contributed by atoms with Crippen LogP contribution in [0.3, 0.4) is 0 Å². The normalized spacial score (nSPS) is 19.8. The molecule has 1 aliphatic heterocycles. The van der Waals surface area contributed by atoms with E-state index in [1.54, 1.807) is 6.92 Å². The number of esters is 1. The second-order valence-corrected chi connectivity index (χ2v) is 12.2. The Bertz CT molecular complexity index is 1450. The van der Waals surface area contributed by atoms with E-state index in [4.69, 9.17) is 14.2 Å². The van der Waals surface area contributed by atoms with Crippen molar-refractivity contribution >= 4 is 12.0 Å². The smallest absolute Gasteiger partial charge is 0.325 e. The van der Waals surface area contributed by atoms with Gasteiger partial charge in [-0.25, -0.2) is 4.79 Å². The van der Waals surface area contributed by atoms with Gasteiger partial charge in [0.1, 0.15) is 6.54 Å². The molecule has 3 N–H and O–H groups in total. The number of hydrogen-bond donors (Lipinski definition) is 3. The van der Waals surface area contributed by atoms with Gasteiger partial charge in [-0.1, -0.05) is 91.7 Å². The van der Waals surface area contributed by atoms with E-state index in [2.05, 4.69) is 34.2 Å². The number of carbonyl (C=O) groups is 2. The zero-order valence-corrected chi connectivity index (χ0v) is 27.2. The van der Waals surface area contributed by atoms with Gasteiger partial charge in [0.25, 0.3) is 0 Å². The summed E-state index contributed by atoms with van der Waals surface area (Å²) in [4.78, 5) is 26.4. The fourth-order valence-corrected chi connectivity index (χ4v) is 6.48. The molecule has 47 heavy (non-hydrogen) atoms. The number of rotatable bonds is 14. The van der Waals surface area contributed by atoms with Crippen molar-refractivity contribution in [2.75, 3.05) is 26.2 Å². The number of nitrogens with one attached hydrogen (secondary N) is 2. The minimum atomic E-state index is -0.542. The lowest BCUT2D eigenvalue weighted by Gasteiger charge is -2.39. The molecule has 0 bridgehead atoms. The van der Waals surface area contributed by atoms with Crippen LogP contribution in [0.25, 0.3) is 11.1 Å². The van der Waals surface area contributed by atoms with Crippen molar-refractivity contribution in [2.24, 2.45) is 0 Å². The molecule has 0 radical (unpaired) electrons. The lowest BCUT2D eigenvalue weighted by Crippen LogP contribution is -2.43. The van der Waals surface area contributed by atoms with Crippen LogP contribution in [0.4, 0.5) is 4.79 Å². The number of aliphatic hydroxyl groups excluding tert-OH is 1. The number of amides is 2. The Hall–Kier alpha value is -4.02. The highest BCUT2D eigenvalue weighted by atomic mass is 16.7. The predicted molar refractivity (Wildman–Crippen MR) is 181 cm³/mol. The van der Waals surface area contributed by atoms with Gasteiger partial charge in [0.2, 0.25) is 0 Å². The van der Waals surface area contributed by atoms with Crippen LogP contribution in [-0.2, 0) is 32.2 Å². The van der Waals surface area contributed by atoms with Gasteiger partial charge in [-0.15, -0.1) is 6.58 Å². The van der Waals surface area contributed by atoms with Gasteiger partial charge in [-0.05, 0) is 47.6 Å². The molecule has 250 valence electrons. The van der Waals surface area contributed by atoms with Crippen LogP contribution in [-0.4, -0.2) is 60.4 Å². The third-order valence-corrected chi connectivity index (χ3v) is 8.91. The summed E-state index contributed by atoms with van der Waals surface area (Å²) in [5.41, 5.74) is 5.81. The molecule has 0 unspecified atom stereocenters. The Morgan fingerprint density at radius 2 is 1.70 bits per heavy atom. The number of benzene rings is 3. The van der Waals surface area contributed by atoms with Crippen LogP contribution in [0.15, 0.2) is 85.5 Å². The summed E-state index contributed by atoms with van der Waals surface area (Å²) in [7, 11) is 0. The van der Waals surface area contributed by atoms with Crippen molar-refractivity contribution in [1.29, 1.82) is 0 Å². The molecular weight excluding hydrogens is 594 g/mol. The van der Waals surface area contributed by atoms with Crippen molar-refractivity contribution < 1.29 is 28.9 Å². The summed E-state index contributed by atoms with van der Waals surface area (Å²) in [5, 5.41) is 14.9. The van der Waals surface area contributed by atoms with Gasteiger partial charge in [0.15, 0.2) is 6.29 Å². The van der Waals surface area contributed by atoms with Crippen LogP contribution in [0.2, 0.25) is 0 Å². The van der Waals surface area contributed by atoms with Gasteiger partial charge in [-0.3, -0.25) is 9.69 Å².